The topological polar surface area (TPSA) is 94.1 Å². The highest BCUT2D eigenvalue weighted by Crippen LogP contribution is 2.35. The Bertz CT molecular complexity index is 1220. The van der Waals surface area contributed by atoms with Gasteiger partial charge in [0.05, 0.1) is 23.9 Å². The van der Waals surface area contributed by atoms with E-state index < -0.39 is 6.03 Å². The molecule has 200 valence electrons. The fourth-order valence-electron chi connectivity index (χ4n) is 4.63. The third kappa shape index (κ3) is 6.70. The number of fused-ring (bicyclic) bond motifs is 1. The van der Waals surface area contributed by atoms with Gasteiger partial charge in [-0.3, -0.25) is 9.69 Å². The first-order chi connectivity index (χ1) is 18.4. The molecule has 8 heteroatoms. The van der Waals surface area contributed by atoms with E-state index in [4.69, 9.17) is 4.74 Å². The minimum absolute atomic E-state index is 0.0366. The van der Waals surface area contributed by atoms with Crippen molar-refractivity contribution in [2.45, 2.75) is 32.5 Å². The van der Waals surface area contributed by atoms with Gasteiger partial charge in [0.2, 0.25) is 0 Å². The van der Waals surface area contributed by atoms with Crippen LogP contribution in [0.15, 0.2) is 78.9 Å². The third-order valence-electron chi connectivity index (χ3n) is 6.76. The Morgan fingerprint density at radius 1 is 1.05 bits per heavy atom. The number of carbonyl (C=O) groups excluding carboxylic acids is 2. The van der Waals surface area contributed by atoms with Crippen LogP contribution in [0.25, 0.3) is 0 Å². The molecule has 38 heavy (non-hydrogen) atoms. The average molecular weight is 517 g/mol. The normalized spacial score (nSPS) is 18.1. The van der Waals surface area contributed by atoms with Crippen LogP contribution in [0.2, 0.25) is 0 Å². The Kier molecular flexibility index (Phi) is 8.99. The van der Waals surface area contributed by atoms with E-state index in [0.29, 0.717) is 35.8 Å². The van der Waals surface area contributed by atoms with E-state index in [1.54, 1.807) is 35.2 Å². The second-order valence-corrected chi connectivity index (χ2v) is 9.93. The van der Waals surface area contributed by atoms with Crippen molar-refractivity contribution in [3.05, 3.63) is 90.0 Å². The summed E-state index contributed by atoms with van der Waals surface area (Å²) in [6.07, 6.45) is -0.274. The minimum atomic E-state index is -0.436. The van der Waals surface area contributed by atoms with E-state index in [2.05, 4.69) is 34.6 Å². The highest BCUT2D eigenvalue weighted by Gasteiger charge is 2.34. The predicted molar refractivity (Wildman–Crippen MR) is 149 cm³/mol. The lowest BCUT2D eigenvalue weighted by Crippen LogP contribution is -2.49. The minimum Gasteiger partial charge on any atom is -0.486 e. The molecule has 3 N–H and O–H groups in total. The molecule has 1 heterocycles. The Labute approximate surface area is 224 Å². The van der Waals surface area contributed by atoms with Crippen LogP contribution in [0.5, 0.6) is 5.75 Å². The van der Waals surface area contributed by atoms with Crippen LogP contribution in [0.3, 0.4) is 0 Å². The Morgan fingerprint density at radius 3 is 2.42 bits per heavy atom. The molecular formula is C30H36N4O4. The molecule has 0 radical (unpaired) electrons. The van der Waals surface area contributed by atoms with Crippen LogP contribution < -0.4 is 15.4 Å². The van der Waals surface area contributed by atoms with E-state index in [1.807, 2.05) is 50.4 Å². The summed E-state index contributed by atoms with van der Waals surface area (Å²) in [5.41, 5.74) is 2.61. The van der Waals surface area contributed by atoms with Gasteiger partial charge in [-0.05, 0) is 43.8 Å². The summed E-state index contributed by atoms with van der Waals surface area (Å²) in [6.45, 7) is 5.53. The molecule has 0 unspecified atom stereocenters. The Balaban J connectivity index is 1.63. The molecule has 0 saturated heterocycles. The summed E-state index contributed by atoms with van der Waals surface area (Å²) in [5, 5.41) is 15.6. The van der Waals surface area contributed by atoms with Crippen molar-refractivity contribution >= 4 is 23.3 Å². The number of nitrogens with one attached hydrogen (secondary N) is 2. The van der Waals surface area contributed by atoms with Crippen LogP contribution >= 0.6 is 0 Å². The lowest BCUT2D eigenvalue weighted by Gasteiger charge is -2.38. The highest BCUT2D eigenvalue weighted by molar-refractivity contribution is 6.04. The van der Waals surface area contributed by atoms with E-state index >= 15 is 0 Å². The molecule has 3 atom stereocenters. The fourth-order valence-corrected chi connectivity index (χ4v) is 4.63. The van der Waals surface area contributed by atoms with Gasteiger partial charge in [-0.2, -0.15) is 0 Å². The first-order valence-electron chi connectivity index (χ1n) is 12.9. The van der Waals surface area contributed by atoms with Gasteiger partial charge in [0.25, 0.3) is 5.91 Å². The van der Waals surface area contributed by atoms with Gasteiger partial charge in [0.1, 0.15) is 6.10 Å². The van der Waals surface area contributed by atoms with E-state index in [-0.39, 0.29) is 30.6 Å². The molecule has 0 aromatic heterocycles. The van der Waals surface area contributed by atoms with Crippen molar-refractivity contribution in [1.29, 1.82) is 0 Å². The van der Waals surface area contributed by atoms with Crippen molar-refractivity contribution < 1.29 is 19.4 Å². The van der Waals surface area contributed by atoms with Crippen LogP contribution in [0, 0.1) is 5.92 Å². The molecule has 4 rings (SSSR count). The molecule has 1 aliphatic heterocycles. The lowest BCUT2D eigenvalue weighted by atomic mass is 9.99. The number of aliphatic hydroxyl groups excluding tert-OH is 1. The second kappa shape index (κ2) is 12.6. The molecule has 3 aromatic rings. The highest BCUT2D eigenvalue weighted by atomic mass is 16.5. The number of likely N-dealkylation sites (N-methyl/N-ethyl adjacent to an activating group) is 1. The zero-order chi connectivity index (χ0) is 27.1. The number of amides is 3. The molecule has 0 spiro atoms. The molecule has 0 aliphatic carbocycles. The molecule has 8 nitrogen and oxygen atoms in total. The molecular weight excluding hydrogens is 480 g/mol. The smallest absolute Gasteiger partial charge is 0.323 e. The van der Waals surface area contributed by atoms with Crippen molar-refractivity contribution in [2.24, 2.45) is 5.92 Å². The largest absolute Gasteiger partial charge is 0.486 e. The maximum absolute atomic E-state index is 13.6. The number of hydrogen-bond acceptors (Lipinski definition) is 5. The molecule has 3 aromatic carbocycles. The van der Waals surface area contributed by atoms with Gasteiger partial charge in [-0.25, -0.2) is 4.79 Å². The van der Waals surface area contributed by atoms with Crippen LogP contribution in [0.4, 0.5) is 16.2 Å². The van der Waals surface area contributed by atoms with Gasteiger partial charge in [0, 0.05) is 31.2 Å². The first kappa shape index (κ1) is 27.2. The summed E-state index contributed by atoms with van der Waals surface area (Å²) in [4.78, 5) is 30.4. The van der Waals surface area contributed by atoms with Crippen LogP contribution in [0.1, 0.15) is 29.8 Å². The van der Waals surface area contributed by atoms with Gasteiger partial charge < -0.3 is 25.4 Å². The van der Waals surface area contributed by atoms with E-state index in [9.17, 15) is 14.7 Å². The Hall–Kier alpha value is -3.88. The zero-order valence-electron chi connectivity index (χ0n) is 22.1. The number of benzene rings is 3. The zero-order valence-corrected chi connectivity index (χ0v) is 22.1. The maximum Gasteiger partial charge on any atom is 0.323 e. The van der Waals surface area contributed by atoms with Crippen LogP contribution in [-0.2, 0) is 6.54 Å². The summed E-state index contributed by atoms with van der Waals surface area (Å²) >= 11 is 0. The number of para-hydroxylation sites is 2. The van der Waals surface area contributed by atoms with Gasteiger partial charge in [-0.1, -0.05) is 61.5 Å². The van der Waals surface area contributed by atoms with Crippen LogP contribution in [-0.4, -0.2) is 65.7 Å². The molecule has 0 fully saturated rings. The number of aliphatic hydroxyl groups is 1. The Morgan fingerprint density at radius 2 is 1.74 bits per heavy atom. The summed E-state index contributed by atoms with van der Waals surface area (Å²) in [6, 6.07) is 23.7. The van der Waals surface area contributed by atoms with Crippen molar-refractivity contribution in [1.82, 2.24) is 9.80 Å². The van der Waals surface area contributed by atoms with E-state index in [1.165, 1.54) is 5.56 Å². The molecule has 1 aliphatic rings. The van der Waals surface area contributed by atoms with Gasteiger partial charge in [0.15, 0.2) is 5.75 Å². The lowest BCUT2D eigenvalue weighted by molar-refractivity contribution is 0.0343. The number of hydrogen-bond donors (Lipinski definition) is 3. The SMILES string of the molecule is C[C@@H]1CN([C@H](C)CO)C(=O)c2cccc(NC(=O)Nc3ccccc3)c2O[C@H]1CN(C)Cc1ccccc1. The molecule has 3 amide bonds. The summed E-state index contributed by atoms with van der Waals surface area (Å²) in [5.74, 6) is 0.0580. The number of rotatable bonds is 8. The summed E-state index contributed by atoms with van der Waals surface area (Å²) < 4.78 is 6.58. The number of nitrogens with zero attached hydrogens (tertiary/aromatic N) is 2. The monoisotopic (exact) mass is 516 g/mol. The van der Waals surface area contributed by atoms with Gasteiger partial charge >= 0.3 is 6.03 Å². The fraction of sp³-hybridized carbons (Fsp3) is 0.333. The number of carbonyl (C=O) groups is 2. The van der Waals surface area contributed by atoms with E-state index in [0.717, 1.165) is 6.54 Å². The van der Waals surface area contributed by atoms with Gasteiger partial charge in [-0.15, -0.1) is 0 Å². The average Bonchev–Trinajstić information content (AvgIpc) is 2.91. The first-order valence-corrected chi connectivity index (χ1v) is 12.9. The predicted octanol–water partition coefficient (Wildman–Crippen LogP) is 4.68. The maximum atomic E-state index is 13.6. The second-order valence-electron chi connectivity index (χ2n) is 9.93. The third-order valence-corrected chi connectivity index (χ3v) is 6.76. The standard InChI is InChI=1S/C30H36N4O4/c1-21-17-34(22(2)20-35)29(36)25-15-10-16-26(32-30(37)31-24-13-8-5-9-14-24)28(25)38-27(21)19-33(3)18-23-11-6-4-7-12-23/h4-16,21-22,27,35H,17-20H2,1-3H3,(H2,31,32,37)/t21-,22-,27+/m1/s1. The van der Waals surface area contributed by atoms with Crippen molar-refractivity contribution in [2.75, 3.05) is 37.4 Å². The van der Waals surface area contributed by atoms with Crippen molar-refractivity contribution in [3.63, 3.8) is 0 Å². The molecule has 0 bridgehead atoms. The number of anilines is 2. The number of urea groups is 1. The quantitative estimate of drug-likeness (QED) is 0.404. The summed E-state index contributed by atoms with van der Waals surface area (Å²) in [7, 11) is 2.04. The van der Waals surface area contributed by atoms with Crippen molar-refractivity contribution in [3.8, 4) is 5.75 Å². The molecule has 0 saturated carbocycles. The number of ether oxygens (including phenoxy) is 1.